The largest absolute Gasteiger partial charge is 0.472 e. The number of rotatable bonds is 5. The van der Waals surface area contributed by atoms with Gasteiger partial charge >= 0.3 is 6.03 Å². The zero-order valence-corrected chi connectivity index (χ0v) is 17.2. The third kappa shape index (κ3) is 4.88. The number of nitrogens with one attached hydrogen (secondary N) is 1. The highest BCUT2D eigenvalue weighted by atomic mass is 35.5. The van der Waals surface area contributed by atoms with Crippen molar-refractivity contribution in [3.8, 4) is 5.75 Å². The first kappa shape index (κ1) is 20.7. The van der Waals surface area contributed by atoms with E-state index in [-0.39, 0.29) is 30.7 Å². The normalized spacial score (nSPS) is 15.3. The summed E-state index contributed by atoms with van der Waals surface area (Å²) in [5, 5.41) is 3.47. The van der Waals surface area contributed by atoms with Crippen LogP contribution in [0.5, 0.6) is 5.75 Å². The molecule has 2 aromatic rings. The predicted octanol–water partition coefficient (Wildman–Crippen LogP) is 3.05. The summed E-state index contributed by atoms with van der Waals surface area (Å²) in [5.41, 5.74) is 0. The van der Waals surface area contributed by atoms with Gasteiger partial charge in [0.1, 0.15) is 5.75 Å². The lowest BCUT2D eigenvalue weighted by Crippen LogP contribution is -2.53. The van der Waals surface area contributed by atoms with E-state index in [2.05, 4.69) is 5.32 Å². The van der Waals surface area contributed by atoms with Gasteiger partial charge in [0.2, 0.25) is 10.0 Å². The van der Waals surface area contributed by atoms with E-state index in [4.69, 9.17) is 27.9 Å². The number of carbonyl (C=O) groups excluding carboxylic acids is 1. The molecule has 1 saturated heterocycles. The maximum Gasteiger partial charge on any atom is 0.320 e. The fraction of sp³-hybridized carbons (Fsp3) is 0.278. The molecule has 0 bridgehead atoms. The molecule has 0 aromatic heterocycles. The zero-order chi connectivity index (χ0) is 20.1. The minimum atomic E-state index is -3.55. The van der Waals surface area contributed by atoms with Crippen LogP contribution in [0.2, 0.25) is 10.0 Å². The van der Waals surface area contributed by atoms with E-state index in [1.807, 2.05) is 0 Å². The second-order valence-electron chi connectivity index (χ2n) is 6.05. The van der Waals surface area contributed by atoms with Crippen LogP contribution in [0.4, 0.5) is 4.79 Å². The minimum Gasteiger partial charge on any atom is -0.472 e. The first-order chi connectivity index (χ1) is 13.4. The van der Waals surface area contributed by atoms with Crippen molar-refractivity contribution in [1.82, 2.24) is 14.5 Å². The molecule has 2 aromatic carbocycles. The van der Waals surface area contributed by atoms with E-state index in [1.54, 1.807) is 53.4 Å². The smallest absolute Gasteiger partial charge is 0.320 e. The molecule has 28 heavy (non-hydrogen) atoms. The van der Waals surface area contributed by atoms with Gasteiger partial charge in [-0.1, -0.05) is 41.4 Å². The molecule has 0 aliphatic carbocycles. The lowest BCUT2D eigenvalue weighted by atomic mass is 10.3. The third-order valence-corrected chi connectivity index (χ3v) is 6.70. The van der Waals surface area contributed by atoms with Gasteiger partial charge in [0, 0.05) is 31.2 Å². The van der Waals surface area contributed by atoms with E-state index in [0.29, 0.717) is 28.9 Å². The first-order valence-corrected chi connectivity index (χ1v) is 10.7. The van der Waals surface area contributed by atoms with E-state index in [9.17, 15) is 13.2 Å². The summed E-state index contributed by atoms with van der Waals surface area (Å²) in [6.45, 7) is 0.977. The van der Waals surface area contributed by atoms with Crippen molar-refractivity contribution in [1.29, 1.82) is 0 Å². The first-order valence-electron chi connectivity index (χ1n) is 8.54. The lowest BCUT2D eigenvalue weighted by molar-refractivity contribution is 0.162. The molecule has 0 unspecified atom stereocenters. The van der Waals surface area contributed by atoms with Crippen molar-refractivity contribution in [3.63, 3.8) is 0 Å². The number of hydrogen-bond donors (Lipinski definition) is 1. The van der Waals surface area contributed by atoms with Crippen LogP contribution in [0.25, 0.3) is 0 Å². The highest BCUT2D eigenvalue weighted by Crippen LogP contribution is 2.27. The Labute approximate surface area is 173 Å². The van der Waals surface area contributed by atoms with Gasteiger partial charge in [-0.05, 0) is 30.3 Å². The molecule has 7 nitrogen and oxygen atoms in total. The van der Waals surface area contributed by atoms with Crippen molar-refractivity contribution < 1.29 is 17.9 Å². The van der Waals surface area contributed by atoms with Crippen LogP contribution < -0.4 is 10.1 Å². The standard InChI is InChI=1S/C18H19Cl2N3O4S/c19-14-6-7-17(16(20)12-14)27-13-21-18(24)22-8-10-23(11-9-22)28(25,26)15-4-2-1-3-5-15/h1-7,12H,8-11,13H2,(H,21,24). The van der Waals surface area contributed by atoms with E-state index in [1.165, 1.54) is 4.31 Å². The number of piperazine rings is 1. The van der Waals surface area contributed by atoms with Gasteiger partial charge in [-0.15, -0.1) is 0 Å². The number of amides is 2. The highest BCUT2D eigenvalue weighted by Gasteiger charge is 2.29. The van der Waals surface area contributed by atoms with Crippen LogP contribution in [-0.4, -0.2) is 56.6 Å². The maximum atomic E-state index is 12.6. The van der Waals surface area contributed by atoms with Gasteiger partial charge in [-0.2, -0.15) is 4.31 Å². The Morgan fingerprint density at radius 1 is 1.04 bits per heavy atom. The zero-order valence-electron chi connectivity index (χ0n) is 14.8. The fourth-order valence-electron chi connectivity index (χ4n) is 2.75. The Balaban J connectivity index is 1.48. The van der Waals surface area contributed by atoms with Crippen molar-refractivity contribution in [3.05, 3.63) is 58.6 Å². The molecule has 150 valence electrons. The Morgan fingerprint density at radius 3 is 2.36 bits per heavy atom. The summed E-state index contributed by atoms with van der Waals surface area (Å²) < 4.78 is 32.0. The summed E-state index contributed by atoms with van der Waals surface area (Å²) in [6, 6.07) is 12.7. The summed E-state index contributed by atoms with van der Waals surface area (Å²) in [6.07, 6.45) is 0. The SMILES string of the molecule is O=C(NCOc1ccc(Cl)cc1Cl)N1CCN(S(=O)(=O)c2ccccc2)CC1. The Morgan fingerprint density at radius 2 is 1.71 bits per heavy atom. The van der Waals surface area contributed by atoms with E-state index >= 15 is 0 Å². The Bertz CT molecular complexity index is 933. The van der Waals surface area contributed by atoms with Gasteiger partial charge in [-0.25, -0.2) is 13.2 Å². The molecular formula is C18H19Cl2N3O4S. The van der Waals surface area contributed by atoms with Crippen LogP contribution in [0.3, 0.4) is 0 Å². The second kappa shape index (κ2) is 9.00. The molecule has 2 amide bonds. The van der Waals surface area contributed by atoms with Crippen molar-refractivity contribution in [2.45, 2.75) is 4.90 Å². The van der Waals surface area contributed by atoms with Crippen molar-refractivity contribution >= 4 is 39.3 Å². The summed E-state index contributed by atoms with van der Waals surface area (Å²) >= 11 is 11.8. The molecule has 1 aliphatic rings. The topological polar surface area (TPSA) is 79.0 Å². The molecular weight excluding hydrogens is 425 g/mol. The maximum absolute atomic E-state index is 12.6. The van der Waals surface area contributed by atoms with Crippen LogP contribution in [0.15, 0.2) is 53.4 Å². The highest BCUT2D eigenvalue weighted by molar-refractivity contribution is 7.89. The number of carbonyl (C=O) groups is 1. The molecule has 1 fully saturated rings. The Kier molecular flexibility index (Phi) is 6.66. The van der Waals surface area contributed by atoms with Gasteiger partial charge in [0.15, 0.2) is 6.73 Å². The molecule has 1 aliphatic heterocycles. The molecule has 0 saturated carbocycles. The molecule has 0 spiro atoms. The lowest BCUT2D eigenvalue weighted by Gasteiger charge is -2.33. The number of hydrogen-bond acceptors (Lipinski definition) is 4. The van der Waals surface area contributed by atoms with Crippen LogP contribution in [0, 0.1) is 0 Å². The molecule has 3 rings (SSSR count). The average molecular weight is 444 g/mol. The minimum absolute atomic E-state index is 0.0668. The summed E-state index contributed by atoms with van der Waals surface area (Å²) in [5.74, 6) is 0.408. The summed E-state index contributed by atoms with van der Waals surface area (Å²) in [7, 11) is -3.55. The van der Waals surface area contributed by atoms with E-state index in [0.717, 1.165) is 0 Å². The van der Waals surface area contributed by atoms with Gasteiger partial charge in [0.25, 0.3) is 0 Å². The number of sulfonamides is 1. The Hall–Kier alpha value is -2.00. The number of urea groups is 1. The molecule has 1 heterocycles. The fourth-order valence-corrected chi connectivity index (χ4v) is 4.66. The number of ether oxygens (including phenoxy) is 1. The predicted molar refractivity (Wildman–Crippen MR) is 107 cm³/mol. The van der Waals surface area contributed by atoms with Crippen LogP contribution in [-0.2, 0) is 10.0 Å². The van der Waals surface area contributed by atoms with Crippen LogP contribution >= 0.6 is 23.2 Å². The molecule has 10 heteroatoms. The molecule has 1 N–H and O–H groups in total. The van der Waals surface area contributed by atoms with Crippen LogP contribution in [0.1, 0.15) is 0 Å². The number of benzene rings is 2. The van der Waals surface area contributed by atoms with Gasteiger partial charge < -0.3 is 15.0 Å². The number of nitrogens with zero attached hydrogens (tertiary/aromatic N) is 2. The number of halogens is 2. The summed E-state index contributed by atoms with van der Waals surface area (Å²) in [4.78, 5) is 14.1. The molecule has 0 radical (unpaired) electrons. The third-order valence-electron chi connectivity index (χ3n) is 4.25. The van der Waals surface area contributed by atoms with Gasteiger partial charge in [-0.3, -0.25) is 0 Å². The molecule has 0 atom stereocenters. The van der Waals surface area contributed by atoms with E-state index < -0.39 is 10.0 Å². The average Bonchev–Trinajstić information content (AvgIpc) is 2.70. The van der Waals surface area contributed by atoms with Gasteiger partial charge in [0.05, 0.1) is 9.92 Å². The quantitative estimate of drug-likeness (QED) is 0.720. The van der Waals surface area contributed by atoms with Crippen molar-refractivity contribution in [2.24, 2.45) is 0 Å². The van der Waals surface area contributed by atoms with Crippen molar-refractivity contribution in [2.75, 3.05) is 32.9 Å². The monoisotopic (exact) mass is 443 g/mol. The second-order valence-corrected chi connectivity index (χ2v) is 8.83.